The van der Waals surface area contributed by atoms with Crippen molar-refractivity contribution in [3.63, 3.8) is 0 Å². The lowest BCUT2D eigenvalue weighted by atomic mass is 10.4. The highest BCUT2D eigenvalue weighted by atomic mass is 35.5. The Balaban J connectivity index is 2.52. The third-order valence-electron chi connectivity index (χ3n) is 1.69. The number of aromatic nitrogens is 2. The zero-order valence-electron chi connectivity index (χ0n) is 8.17. The highest BCUT2D eigenvalue weighted by molar-refractivity contribution is 6.36. The van der Waals surface area contributed by atoms with Crippen molar-refractivity contribution < 1.29 is 0 Å². The summed E-state index contributed by atoms with van der Waals surface area (Å²) in [6.07, 6.45) is 1.92. The van der Waals surface area contributed by atoms with E-state index in [1.165, 1.54) is 5.54 Å². The summed E-state index contributed by atoms with van der Waals surface area (Å²) in [7, 11) is 0. The highest BCUT2D eigenvalue weighted by Gasteiger charge is 2.01. The smallest absolute Gasteiger partial charge is 0.148 e. The van der Waals surface area contributed by atoms with Crippen molar-refractivity contribution in [3.8, 4) is 0 Å². The lowest BCUT2D eigenvalue weighted by Crippen LogP contribution is -2.05. The van der Waals surface area contributed by atoms with Crippen LogP contribution in [0.4, 0.5) is 5.82 Å². The van der Waals surface area contributed by atoms with E-state index in [4.69, 9.17) is 23.2 Å². The van der Waals surface area contributed by atoms with E-state index >= 15 is 0 Å². The molecule has 0 amide bonds. The molecule has 0 saturated heterocycles. The summed E-state index contributed by atoms with van der Waals surface area (Å²) in [5, 5.41) is 7.91. The number of nitrogens with one attached hydrogen (secondary N) is 1. The Bertz CT molecular complexity index is 318. The van der Waals surface area contributed by atoms with Gasteiger partial charge in [-0.2, -0.15) is 5.10 Å². The predicted molar refractivity (Wildman–Crippen MR) is 60.9 cm³/mol. The summed E-state index contributed by atoms with van der Waals surface area (Å²) in [6, 6.07) is 2.27. The average Bonchev–Trinajstić information content (AvgIpc) is 2.62. The third-order valence-corrected chi connectivity index (χ3v) is 2.31. The molecule has 14 heavy (non-hydrogen) atoms. The van der Waals surface area contributed by atoms with Gasteiger partial charge in [-0.3, -0.25) is 4.68 Å². The van der Waals surface area contributed by atoms with Crippen LogP contribution < -0.4 is 5.32 Å². The van der Waals surface area contributed by atoms with Crippen molar-refractivity contribution in [2.75, 3.05) is 11.9 Å². The van der Waals surface area contributed by atoms with Gasteiger partial charge in [0, 0.05) is 28.9 Å². The van der Waals surface area contributed by atoms with E-state index in [9.17, 15) is 0 Å². The number of halogens is 2. The number of hydrogen-bond donors (Lipinski definition) is 1. The fourth-order valence-electron chi connectivity index (χ4n) is 0.933. The Morgan fingerprint density at radius 3 is 2.93 bits per heavy atom. The average molecular weight is 234 g/mol. The molecule has 1 heterocycles. The van der Waals surface area contributed by atoms with Crippen LogP contribution in [0.25, 0.3) is 0 Å². The molecule has 0 aliphatic heterocycles. The molecule has 1 rings (SSSR count). The first-order valence-electron chi connectivity index (χ1n) is 4.37. The maximum absolute atomic E-state index is 5.72. The second kappa shape index (κ2) is 5.27. The molecule has 0 radical (unpaired) electrons. The van der Waals surface area contributed by atoms with Gasteiger partial charge in [0.15, 0.2) is 0 Å². The number of rotatable bonds is 4. The Morgan fingerprint density at radius 1 is 1.71 bits per heavy atom. The molecule has 0 spiro atoms. The Labute approximate surface area is 93.7 Å². The maximum atomic E-state index is 5.72. The molecule has 0 aliphatic carbocycles. The van der Waals surface area contributed by atoms with Gasteiger partial charge in [0.2, 0.25) is 0 Å². The van der Waals surface area contributed by atoms with E-state index in [2.05, 4.69) is 24.3 Å². The zero-order chi connectivity index (χ0) is 10.6. The van der Waals surface area contributed by atoms with Crippen LogP contribution in [-0.4, -0.2) is 16.3 Å². The van der Waals surface area contributed by atoms with Gasteiger partial charge >= 0.3 is 0 Å². The first kappa shape index (κ1) is 11.4. The molecule has 1 aromatic rings. The summed E-state index contributed by atoms with van der Waals surface area (Å²) < 4.78 is 1.88. The van der Waals surface area contributed by atoms with Gasteiger partial charge in [0.25, 0.3) is 0 Å². The lowest BCUT2D eigenvalue weighted by Gasteiger charge is -2.04. The molecule has 0 bridgehead atoms. The minimum atomic E-state index is 0.365. The maximum Gasteiger partial charge on any atom is 0.148 e. The first-order valence-corrected chi connectivity index (χ1v) is 5.18. The molecule has 0 fully saturated rings. The third kappa shape index (κ3) is 3.24. The van der Waals surface area contributed by atoms with Gasteiger partial charge in [-0.05, 0) is 13.8 Å². The van der Waals surface area contributed by atoms with Crippen molar-refractivity contribution in [3.05, 3.63) is 22.8 Å². The molecular weight excluding hydrogens is 221 g/mol. The largest absolute Gasteiger partial charge is 0.364 e. The van der Waals surface area contributed by atoms with Gasteiger partial charge in [0.05, 0.1) is 6.54 Å². The molecule has 0 saturated carbocycles. The number of nitrogens with zero attached hydrogens (tertiary/aromatic N) is 2. The molecular formula is C9H13Cl2N3. The Hall–Kier alpha value is -0.670. The minimum absolute atomic E-state index is 0.365. The number of hydrogen-bond acceptors (Lipinski definition) is 2. The van der Waals surface area contributed by atoms with Crippen LogP contribution in [0.5, 0.6) is 0 Å². The molecule has 0 aliphatic rings. The lowest BCUT2D eigenvalue weighted by molar-refractivity contribution is 0.534. The molecule has 78 valence electrons. The fourth-order valence-corrected chi connectivity index (χ4v) is 1.08. The quantitative estimate of drug-likeness (QED) is 0.866. The van der Waals surface area contributed by atoms with E-state index < -0.39 is 0 Å². The van der Waals surface area contributed by atoms with Crippen molar-refractivity contribution in [1.29, 1.82) is 0 Å². The van der Waals surface area contributed by atoms with E-state index in [1.807, 2.05) is 16.9 Å². The monoisotopic (exact) mass is 233 g/mol. The van der Waals surface area contributed by atoms with Crippen LogP contribution in [0, 0.1) is 0 Å². The summed E-state index contributed by atoms with van der Waals surface area (Å²) in [4.78, 5) is 0. The van der Waals surface area contributed by atoms with E-state index in [-0.39, 0.29) is 0 Å². The van der Waals surface area contributed by atoms with Gasteiger partial charge < -0.3 is 5.32 Å². The van der Waals surface area contributed by atoms with E-state index in [0.717, 1.165) is 5.82 Å². The normalized spacial score (nSPS) is 12.2. The van der Waals surface area contributed by atoms with Crippen LogP contribution in [-0.2, 0) is 0 Å². The van der Waals surface area contributed by atoms with Crippen molar-refractivity contribution in [2.24, 2.45) is 0 Å². The topological polar surface area (TPSA) is 29.9 Å². The Kier molecular flexibility index (Phi) is 4.29. The summed E-state index contributed by atoms with van der Waals surface area (Å²) in [5.41, 5.74) is 1.34. The van der Waals surface area contributed by atoms with Crippen molar-refractivity contribution >= 4 is 29.0 Å². The van der Waals surface area contributed by atoms with Crippen LogP contribution in [0.2, 0.25) is 0 Å². The van der Waals surface area contributed by atoms with E-state index in [0.29, 0.717) is 17.6 Å². The van der Waals surface area contributed by atoms with Crippen LogP contribution in [0.1, 0.15) is 19.9 Å². The molecule has 0 unspecified atom stereocenters. The summed E-state index contributed by atoms with van der Waals surface area (Å²) in [6.45, 7) is 4.64. The second-order valence-electron chi connectivity index (χ2n) is 3.18. The van der Waals surface area contributed by atoms with Crippen LogP contribution in [0.15, 0.2) is 22.8 Å². The van der Waals surface area contributed by atoms with Crippen molar-refractivity contribution in [2.45, 2.75) is 19.9 Å². The molecule has 0 atom stereocenters. The Morgan fingerprint density at radius 2 is 2.43 bits per heavy atom. The summed E-state index contributed by atoms with van der Waals surface area (Å²) >= 11 is 11.1. The van der Waals surface area contributed by atoms with Crippen LogP contribution in [0.3, 0.4) is 0 Å². The molecule has 1 N–H and O–H groups in total. The predicted octanol–water partition coefficient (Wildman–Crippen LogP) is 3.19. The van der Waals surface area contributed by atoms with E-state index in [1.54, 1.807) is 0 Å². The molecule has 3 nitrogen and oxygen atoms in total. The van der Waals surface area contributed by atoms with Gasteiger partial charge in [0.1, 0.15) is 5.82 Å². The molecule has 1 aromatic heterocycles. The van der Waals surface area contributed by atoms with Gasteiger partial charge in [-0.25, -0.2) is 0 Å². The molecule has 5 heteroatoms. The zero-order valence-corrected chi connectivity index (χ0v) is 9.68. The SMILES string of the molecule is CC(C)n1ccc(NC/C(Cl)=C/Cl)n1. The first-order chi connectivity index (χ1) is 6.63. The van der Waals surface area contributed by atoms with Crippen molar-refractivity contribution in [1.82, 2.24) is 9.78 Å². The van der Waals surface area contributed by atoms with Gasteiger partial charge in [-0.15, -0.1) is 0 Å². The van der Waals surface area contributed by atoms with Crippen LogP contribution >= 0.6 is 23.2 Å². The molecule has 0 aromatic carbocycles. The fraction of sp³-hybridized carbons (Fsp3) is 0.444. The second-order valence-corrected chi connectivity index (χ2v) is 3.89. The highest BCUT2D eigenvalue weighted by Crippen LogP contribution is 2.10. The van der Waals surface area contributed by atoms with Gasteiger partial charge in [-0.1, -0.05) is 23.2 Å². The minimum Gasteiger partial charge on any atom is -0.364 e. The standard InChI is InChI=1S/C9H13Cl2N3/c1-7(2)14-4-3-9(13-14)12-6-8(11)5-10/h3-5,7H,6H2,1-2H3,(H,12,13)/b8-5-. The summed E-state index contributed by atoms with van der Waals surface area (Å²) in [5.74, 6) is 0.801. The number of anilines is 1.